The van der Waals surface area contributed by atoms with Crippen LogP contribution in [-0.2, 0) is 0 Å². The van der Waals surface area contributed by atoms with Crippen LogP contribution in [0.5, 0.6) is 0 Å². The van der Waals surface area contributed by atoms with E-state index in [2.05, 4.69) is 112 Å². The average molecular weight is 686 g/mol. The lowest BCUT2D eigenvalue weighted by molar-refractivity contribution is 1.13. The maximum absolute atomic E-state index is 9.28. The van der Waals surface area contributed by atoms with E-state index in [0.717, 1.165) is 33.7 Å². The van der Waals surface area contributed by atoms with Crippen molar-refractivity contribution in [3.05, 3.63) is 187 Å². The largest absolute Gasteiger partial charge is 0.317 e. The minimum absolute atomic E-state index is 0.247. The van der Waals surface area contributed by atoms with E-state index in [-0.39, 0.29) is 11.7 Å². The third kappa shape index (κ3) is 4.69. The molecule has 10 rings (SSSR count). The molecular formula is C46H31N5S. The van der Waals surface area contributed by atoms with E-state index in [1.54, 1.807) is 4.90 Å². The summed E-state index contributed by atoms with van der Waals surface area (Å²) in [6, 6.07) is 58.2. The van der Waals surface area contributed by atoms with Crippen LogP contribution in [0.25, 0.3) is 64.3 Å². The Morgan fingerprint density at radius 1 is 0.500 bits per heavy atom. The van der Waals surface area contributed by atoms with Gasteiger partial charge in [0.15, 0.2) is 0 Å². The van der Waals surface area contributed by atoms with Gasteiger partial charge >= 0.3 is 0 Å². The maximum atomic E-state index is 9.28. The Morgan fingerprint density at radius 3 is 1.81 bits per heavy atom. The number of nitrogens with one attached hydrogen (secondary N) is 2. The topological polar surface area (TPSA) is 60.8 Å². The summed E-state index contributed by atoms with van der Waals surface area (Å²) in [4.78, 5) is 1.72. The second kappa shape index (κ2) is 11.9. The number of rotatable bonds is 5. The molecule has 0 saturated carbocycles. The molecule has 2 N–H and O–H groups in total. The lowest BCUT2D eigenvalue weighted by Gasteiger charge is -2.26. The van der Waals surface area contributed by atoms with Gasteiger partial charge in [-0.25, -0.2) is 0 Å². The van der Waals surface area contributed by atoms with Crippen LogP contribution in [0.2, 0.25) is 0 Å². The molecule has 0 unspecified atom stereocenters. The zero-order valence-electron chi connectivity index (χ0n) is 28.0. The van der Waals surface area contributed by atoms with Gasteiger partial charge in [0.05, 0.1) is 21.3 Å². The first-order valence-corrected chi connectivity index (χ1v) is 18.1. The fourth-order valence-electron chi connectivity index (χ4n) is 7.56. The Balaban J connectivity index is 1.20. The van der Waals surface area contributed by atoms with E-state index < -0.39 is 0 Å². The van der Waals surface area contributed by atoms with Crippen molar-refractivity contribution in [3.8, 4) is 11.4 Å². The molecule has 3 heterocycles. The number of benzene rings is 7. The predicted octanol–water partition coefficient (Wildman–Crippen LogP) is 12.0. The molecule has 0 amide bonds. The van der Waals surface area contributed by atoms with Gasteiger partial charge in [-0.2, -0.15) is 0 Å². The molecule has 0 bridgehead atoms. The predicted molar refractivity (Wildman–Crippen MR) is 220 cm³/mol. The monoisotopic (exact) mass is 685 g/mol. The normalized spacial score (nSPS) is 11.6. The molecule has 5 nitrogen and oxygen atoms in total. The van der Waals surface area contributed by atoms with E-state index in [1.165, 1.54) is 47.4 Å². The van der Waals surface area contributed by atoms with Crippen molar-refractivity contribution < 1.29 is 0 Å². The number of thiophene rings is 1. The zero-order chi connectivity index (χ0) is 34.8. The summed E-state index contributed by atoms with van der Waals surface area (Å²) in [6.45, 7) is 0. The van der Waals surface area contributed by atoms with Crippen molar-refractivity contribution in [3.63, 3.8) is 0 Å². The van der Waals surface area contributed by atoms with Gasteiger partial charge in [0, 0.05) is 66.0 Å². The number of nitrogens with zero attached hydrogens (tertiary/aromatic N) is 3. The lowest BCUT2D eigenvalue weighted by Crippen LogP contribution is -2.37. The summed E-state index contributed by atoms with van der Waals surface area (Å²) in [5, 5.41) is 24.7. The van der Waals surface area contributed by atoms with Crippen LogP contribution in [-0.4, -0.2) is 20.8 Å². The molecule has 0 aliphatic carbocycles. The number of fused-ring (bicyclic) bond motifs is 8. The highest BCUT2D eigenvalue weighted by atomic mass is 32.1. The summed E-state index contributed by atoms with van der Waals surface area (Å²) in [5.74, 6) is 0.493. The Kier molecular flexibility index (Phi) is 6.91. The minimum atomic E-state index is 0.247. The molecule has 0 aliphatic rings. The van der Waals surface area contributed by atoms with Crippen molar-refractivity contribution in [1.82, 2.24) is 9.13 Å². The van der Waals surface area contributed by atoms with E-state index in [9.17, 15) is 10.8 Å². The first-order valence-electron chi connectivity index (χ1n) is 17.3. The van der Waals surface area contributed by atoms with Gasteiger partial charge in [0.2, 0.25) is 0 Å². The summed E-state index contributed by atoms with van der Waals surface area (Å²) >= 11 is 1.84. The van der Waals surface area contributed by atoms with Gasteiger partial charge in [-0.05, 0) is 60.7 Å². The number of anilines is 1. The van der Waals surface area contributed by atoms with E-state index in [1.807, 2.05) is 84.1 Å². The third-order valence-electron chi connectivity index (χ3n) is 10.0. The van der Waals surface area contributed by atoms with Crippen molar-refractivity contribution in [2.45, 2.75) is 0 Å². The lowest BCUT2D eigenvalue weighted by atomic mass is 10.1. The van der Waals surface area contributed by atoms with Gasteiger partial charge in [0.25, 0.3) is 0 Å². The minimum Gasteiger partial charge on any atom is -0.317 e. The Labute approximate surface area is 303 Å². The van der Waals surface area contributed by atoms with Crippen LogP contribution in [0.1, 0.15) is 11.1 Å². The maximum Gasteiger partial charge on any atom is 0.138 e. The highest BCUT2D eigenvalue weighted by Gasteiger charge is 2.23. The highest BCUT2D eigenvalue weighted by molar-refractivity contribution is 7.26. The average Bonchev–Trinajstić information content (AvgIpc) is 3.90. The first-order chi connectivity index (χ1) is 25.6. The molecule has 0 atom stereocenters. The van der Waals surface area contributed by atoms with Crippen molar-refractivity contribution >= 4 is 81.6 Å². The van der Waals surface area contributed by atoms with Gasteiger partial charge in [-0.1, -0.05) is 109 Å². The summed E-state index contributed by atoms with van der Waals surface area (Å²) < 4.78 is 7.20. The molecular weight excluding hydrogens is 655 g/mol. The Bertz CT molecular complexity index is 2920. The summed E-state index contributed by atoms with van der Waals surface area (Å²) in [6.07, 6.45) is 2.16. The van der Waals surface area contributed by atoms with Gasteiger partial charge in [-0.3, -0.25) is 15.7 Å². The second-order valence-corrected chi connectivity index (χ2v) is 14.1. The van der Waals surface area contributed by atoms with Gasteiger partial charge < -0.3 is 9.13 Å². The fraction of sp³-hybridized carbons (Fsp3) is 0. The van der Waals surface area contributed by atoms with Crippen molar-refractivity contribution in [2.24, 2.45) is 0 Å². The molecule has 0 aliphatic heterocycles. The molecule has 0 radical (unpaired) electrons. The Morgan fingerprint density at radius 2 is 1.12 bits per heavy atom. The molecule has 7 aromatic carbocycles. The second-order valence-electron chi connectivity index (χ2n) is 13.0. The molecule has 10 aromatic rings. The first kappa shape index (κ1) is 30.1. The summed E-state index contributed by atoms with van der Waals surface area (Å²) in [5.41, 5.74) is 7.88. The molecule has 0 saturated heterocycles. The number of aromatic nitrogens is 2. The summed E-state index contributed by atoms with van der Waals surface area (Å²) in [7, 11) is 0. The molecule has 0 fully saturated rings. The number of amidine groups is 2. The fourth-order valence-corrected chi connectivity index (χ4v) is 8.80. The zero-order valence-corrected chi connectivity index (χ0v) is 28.8. The standard InChI is InChI=1S/C46H31N5S/c47-45(30-12-4-1-5-13-30)51(46(48)31-14-6-2-7-15-31)35-22-20-34(21-23-35)50-41-28-32-26-27-49(33-16-8-3-9-17-33)40(32)29-39(41)37-24-25-38-36-18-10-11-19-42(36)52-44(38)43(37)50/h1-29,47-48H. The smallest absolute Gasteiger partial charge is 0.138 e. The van der Waals surface area contributed by atoms with Gasteiger partial charge in [-0.15, -0.1) is 11.3 Å². The highest BCUT2D eigenvalue weighted by Crippen LogP contribution is 2.44. The molecule has 52 heavy (non-hydrogen) atoms. The molecule has 246 valence electrons. The van der Waals surface area contributed by atoms with Gasteiger partial charge in [0.1, 0.15) is 11.7 Å². The van der Waals surface area contributed by atoms with E-state index in [0.29, 0.717) is 0 Å². The van der Waals surface area contributed by atoms with Crippen LogP contribution in [0.3, 0.4) is 0 Å². The third-order valence-corrected chi connectivity index (χ3v) is 11.2. The van der Waals surface area contributed by atoms with Crippen LogP contribution in [0, 0.1) is 10.8 Å². The molecule has 0 spiro atoms. The quantitative estimate of drug-likeness (QED) is 0.137. The van der Waals surface area contributed by atoms with Crippen molar-refractivity contribution in [2.75, 3.05) is 4.90 Å². The van der Waals surface area contributed by atoms with E-state index >= 15 is 0 Å². The van der Waals surface area contributed by atoms with Crippen molar-refractivity contribution in [1.29, 1.82) is 10.8 Å². The van der Waals surface area contributed by atoms with E-state index in [4.69, 9.17) is 0 Å². The number of para-hydroxylation sites is 1. The van der Waals surface area contributed by atoms with Crippen LogP contribution >= 0.6 is 11.3 Å². The van der Waals surface area contributed by atoms with Crippen LogP contribution in [0.4, 0.5) is 5.69 Å². The SMILES string of the molecule is N=C(c1ccccc1)N(C(=N)c1ccccc1)c1ccc(-n2c3cc4ccn(-c5ccccc5)c4cc3c3ccc4c5ccccc5sc4c32)cc1. The number of hydrogen-bond acceptors (Lipinski definition) is 3. The number of hydrogen-bond donors (Lipinski definition) is 2. The Hall–Kier alpha value is -6.76. The molecule has 6 heteroatoms. The molecule has 3 aromatic heterocycles. The van der Waals surface area contributed by atoms with Crippen LogP contribution in [0.15, 0.2) is 176 Å². The van der Waals surface area contributed by atoms with Crippen LogP contribution < -0.4 is 4.90 Å².